The summed E-state index contributed by atoms with van der Waals surface area (Å²) >= 11 is 0. The minimum absolute atomic E-state index is 0.0725. The first-order chi connectivity index (χ1) is 22.8. The number of nitrogens with zero attached hydrogens (tertiary/aromatic N) is 1. The van der Waals surface area contributed by atoms with E-state index < -0.39 is 11.7 Å². The van der Waals surface area contributed by atoms with Crippen LogP contribution in [0.15, 0.2) is 0 Å². The SMILES string of the molecule is CC1CCCOC2CC3C4CCC5C[C@H](NC(=O)N(CCNC(=O)OC(C)(C)C)C6CCCCC6)CCC5(C)C4CCC3(C)C2[C@H](C)C1. The first kappa shape index (κ1) is 36.3. The molecule has 0 aromatic carbocycles. The molecule has 6 aliphatic rings. The molecule has 0 spiro atoms. The first-order valence-corrected chi connectivity index (χ1v) is 20.4. The van der Waals surface area contributed by atoms with Crippen LogP contribution in [0.1, 0.15) is 151 Å². The van der Waals surface area contributed by atoms with E-state index in [1.54, 1.807) is 0 Å². The molecule has 5 saturated carbocycles. The topological polar surface area (TPSA) is 79.9 Å². The predicted octanol–water partition coefficient (Wildman–Crippen LogP) is 9.33. The van der Waals surface area contributed by atoms with Gasteiger partial charge in [-0.2, -0.15) is 0 Å². The second kappa shape index (κ2) is 14.6. The molecule has 2 N–H and O–H groups in total. The van der Waals surface area contributed by atoms with Crippen LogP contribution in [-0.4, -0.2) is 60.5 Å². The van der Waals surface area contributed by atoms with Crippen LogP contribution in [0.25, 0.3) is 0 Å². The summed E-state index contributed by atoms with van der Waals surface area (Å²) < 4.78 is 12.2. The Kier molecular flexibility index (Phi) is 11.1. The lowest BCUT2D eigenvalue weighted by Gasteiger charge is -2.61. The smallest absolute Gasteiger partial charge is 0.407 e. The summed E-state index contributed by atoms with van der Waals surface area (Å²) in [5, 5.41) is 6.44. The molecule has 7 heteroatoms. The molecule has 1 saturated heterocycles. The number of carbonyl (C=O) groups excluding carboxylic acids is 2. The van der Waals surface area contributed by atoms with Gasteiger partial charge in [0.1, 0.15) is 5.60 Å². The summed E-state index contributed by atoms with van der Waals surface area (Å²) in [5.41, 5.74) is 0.270. The molecule has 274 valence electrons. The monoisotopic (exact) mass is 670 g/mol. The number of urea groups is 1. The quantitative estimate of drug-likeness (QED) is 0.306. The molecule has 6 fully saturated rings. The Bertz CT molecular complexity index is 1120. The molecule has 3 amide bonds. The molecule has 0 aromatic heterocycles. The average Bonchev–Trinajstić information content (AvgIpc) is 3.35. The molecule has 48 heavy (non-hydrogen) atoms. The highest BCUT2D eigenvalue weighted by atomic mass is 16.6. The van der Waals surface area contributed by atoms with Crippen molar-refractivity contribution in [1.29, 1.82) is 0 Å². The molecule has 0 radical (unpaired) electrons. The van der Waals surface area contributed by atoms with Crippen LogP contribution in [0, 0.1) is 52.3 Å². The molecule has 0 aromatic rings. The largest absolute Gasteiger partial charge is 0.444 e. The van der Waals surface area contributed by atoms with Crippen LogP contribution in [0.4, 0.5) is 9.59 Å². The number of carbonyl (C=O) groups is 2. The van der Waals surface area contributed by atoms with Gasteiger partial charge in [-0.1, -0.05) is 47.0 Å². The Balaban J connectivity index is 1.08. The van der Waals surface area contributed by atoms with Gasteiger partial charge in [-0.25, -0.2) is 9.59 Å². The normalized spacial score (nSPS) is 42.0. The predicted molar refractivity (Wildman–Crippen MR) is 193 cm³/mol. The number of hydrogen-bond acceptors (Lipinski definition) is 4. The van der Waals surface area contributed by atoms with Gasteiger partial charge in [0, 0.05) is 31.8 Å². The summed E-state index contributed by atoms with van der Waals surface area (Å²) in [5.74, 6) is 5.42. The van der Waals surface area contributed by atoms with Gasteiger partial charge in [0.05, 0.1) is 6.10 Å². The second-order valence-corrected chi connectivity index (χ2v) is 19.2. The lowest BCUT2D eigenvalue weighted by atomic mass is 9.44. The summed E-state index contributed by atoms with van der Waals surface area (Å²) in [6.07, 6.45) is 19.8. The van der Waals surface area contributed by atoms with Crippen molar-refractivity contribution in [3.63, 3.8) is 0 Å². The summed E-state index contributed by atoms with van der Waals surface area (Å²) in [6.45, 7) is 17.9. The molecule has 11 atom stereocenters. The molecule has 5 aliphatic carbocycles. The number of alkyl carbamates (subject to hydrolysis) is 1. The van der Waals surface area contributed by atoms with E-state index in [1.807, 2.05) is 25.7 Å². The molecule has 6 rings (SSSR count). The molecular weight excluding hydrogens is 598 g/mol. The minimum atomic E-state index is -0.532. The van der Waals surface area contributed by atoms with Crippen molar-refractivity contribution in [3.8, 4) is 0 Å². The Morgan fingerprint density at radius 2 is 1.60 bits per heavy atom. The van der Waals surface area contributed by atoms with E-state index in [-0.39, 0.29) is 18.1 Å². The molecule has 9 unspecified atom stereocenters. The Morgan fingerprint density at radius 1 is 0.854 bits per heavy atom. The maximum atomic E-state index is 13.9. The zero-order valence-electron chi connectivity index (χ0n) is 31.8. The number of ether oxygens (including phenoxy) is 2. The van der Waals surface area contributed by atoms with Gasteiger partial charge in [-0.15, -0.1) is 0 Å². The summed E-state index contributed by atoms with van der Waals surface area (Å²) in [6, 6.07) is 0.569. The van der Waals surface area contributed by atoms with Crippen LogP contribution >= 0.6 is 0 Å². The number of rotatable bonds is 5. The maximum Gasteiger partial charge on any atom is 0.407 e. The van der Waals surface area contributed by atoms with Gasteiger partial charge in [0.2, 0.25) is 0 Å². The lowest BCUT2D eigenvalue weighted by molar-refractivity contribution is -0.119. The van der Waals surface area contributed by atoms with E-state index >= 15 is 0 Å². The van der Waals surface area contributed by atoms with E-state index in [0.717, 1.165) is 61.9 Å². The van der Waals surface area contributed by atoms with Crippen LogP contribution in [0.2, 0.25) is 0 Å². The minimum Gasteiger partial charge on any atom is -0.444 e. The third kappa shape index (κ3) is 7.57. The van der Waals surface area contributed by atoms with Crippen LogP contribution in [-0.2, 0) is 9.47 Å². The van der Waals surface area contributed by atoms with Gasteiger partial charge in [0.15, 0.2) is 0 Å². The van der Waals surface area contributed by atoms with Gasteiger partial charge in [-0.05, 0) is 156 Å². The van der Waals surface area contributed by atoms with Crippen LogP contribution < -0.4 is 10.6 Å². The third-order valence-corrected chi connectivity index (χ3v) is 14.9. The Labute approximate surface area is 293 Å². The molecule has 0 bridgehead atoms. The maximum absolute atomic E-state index is 13.9. The van der Waals surface area contributed by atoms with E-state index in [1.165, 1.54) is 77.0 Å². The molecule has 1 heterocycles. The highest BCUT2D eigenvalue weighted by molar-refractivity contribution is 5.75. The van der Waals surface area contributed by atoms with Crippen molar-refractivity contribution in [2.24, 2.45) is 52.3 Å². The summed E-state index contributed by atoms with van der Waals surface area (Å²) in [7, 11) is 0. The number of nitrogens with one attached hydrogen (secondary N) is 2. The lowest BCUT2D eigenvalue weighted by Crippen LogP contribution is -2.57. The van der Waals surface area contributed by atoms with E-state index in [0.29, 0.717) is 41.9 Å². The van der Waals surface area contributed by atoms with Crippen molar-refractivity contribution in [3.05, 3.63) is 0 Å². The number of hydrogen-bond donors (Lipinski definition) is 2. The zero-order valence-corrected chi connectivity index (χ0v) is 31.8. The fourth-order valence-electron chi connectivity index (χ4n) is 12.9. The highest BCUT2D eigenvalue weighted by Crippen LogP contribution is 2.69. The third-order valence-electron chi connectivity index (χ3n) is 14.9. The highest BCUT2D eigenvalue weighted by Gasteiger charge is 2.63. The zero-order chi connectivity index (χ0) is 34.3. The van der Waals surface area contributed by atoms with Crippen molar-refractivity contribution < 1.29 is 19.1 Å². The first-order valence-electron chi connectivity index (χ1n) is 20.4. The van der Waals surface area contributed by atoms with Crippen molar-refractivity contribution in [2.45, 2.75) is 175 Å². The average molecular weight is 670 g/mol. The fraction of sp³-hybridized carbons (Fsp3) is 0.951. The Morgan fingerprint density at radius 3 is 2.35 bits per heavy atom. The second-order valence-electron chi connectivity index (χ2n) is 19.2. The Hall–Kier alpha value is -1.50. The number of amides is 3. The van der Waals surface area contributed by atoms with Crippen LogP contribution in [0.5, 0.6) is 0 Å². The standard InChI is InChI=1S/C41H71N3O4/c1-27-12-11-23-47-35-26-34-32-16-15-29-25-30(17-19-40(29,6)33(32)18-20-41(34,7)36(35)28(2)24-27)43-37(45)44(31-13-9-8-10-14-31)22-21-42-38(46)48-39(3,4)5/h27-36H,8-26H2,1-7H3,(H,42,46)(H,43,45)/t27?,28-,29?,30-,32?,33?,34?,35?,36?,40?,41?/m1/s1. The molecular formula is C41H71N3O4. The fourth-order valence-corrected chi connectivity index (χ4v) is 12.9. The van der Waals surface area contributed by atoms with E-state index in [9.17, 15) is 9.59 Å². The number of fused-ring (bicyclic) bond motifs is 7. The van der Waals surface area contributed by atoms with Gasteiger partial charge < -0.3 is 25.0 Å². The van der Waals surface area contributed by atoms with Gasteiger partial charge >= 0.3 is 12.1 Å². The van der Waals surface area contributed by atoms with Crippen molar-refractivity contribution in [1.82, 2.24) is 15.5 Å². The van der Waals surface area contributed by atoms with Crippen LogP contribution in [0.3, 0.4) is 0 Å². The van der Waals surface area contributed by atoms with Crippen molar-refractivity contribution >= 4 is 12.1 Å². The van der Waals surface area contributed by atoms with E-state index in [4.69, 9.17) is 9.47 Å². The van der Waals surface area contributed by atoms with E-state index in [2.05, 4.69) is 38.3 Å². The molecule has 1 aliphatic heterocycles. The molecule has 7 nitrogen and oxygen atoms in total. The van der Waals surface area contributed by atoms with Crippen molar-refractivity contribution in [2.75, 3.05) is 19.7 Å². The van der Waals surface area contributed by atoms with Gasteiger partial charge in [0.25, 0.3) is 0 Å². The van der Waals surface area contributed by atoms with Gasteiger partial charge in [-0.3, -0.25) is 0 Å². The summed E-state index contributed by atoms with van der Waals surface area (Å²) in [4.78, 5) is 28.3.